The molecule has 3 fully saturated rings. The third-order valence-electron chi connectivity index (χ3n) is 10.9. The summed E-state index contributed by atoms with van der Waals surface area (Å²) in [7, 11) is 4.55. The van der Waals surface area contributed by atoms with E-state index in [-0.39, 0.29) is 77.5 Å². The number of rotatable bonds is 17. The maximum atomic E-state index is 13.1. The number of fused-ring (bicyclic) bond motifs is 5. The Bertz CT molecular complexity index is 1580. The number of nitrogens with zero attached hydrogens (tertiary/aromatic N) is 2. The van der Waals surface area contributed by atoms with Crippen LogP contribution in [0.1, 0.15) is 99.3 Å². The summed E-state index contributed by atoms with van der Waals surface area (Å²) in [5, 5.41) is 15.1. The quantitative estimate of drug-likeness (QED) is 0.0311. The molecular formula is C40H62BrCl2N2NaO8S3. The number of morpholine rings is 1. The summed E-state index contributed by atoms with van der Waals surface area (Å²) < 4.78 is 45.3. The molecule has 0 spiro atoms. The third-order valence-corrected chi connectivity index (χ3v) is 12.9. The average Bonchev–Trinajstić information content (AvgIpc) is 3.39. The second-order valence-electron chi connectivity index (χ2n) is 15.9. The first-order chi connectivity index (χ1) is 25.1. The van der Waals surface area contributed by atoms with Crippen LogP contribution in [-0.2, 0) is 36.8 Å². The van der Waals surface area contributed by atoms with Crippen molar-refractivity contribution in [3.63, 3.8) is 0 Å². The molecule has 2 bridgehead atoms. The molecule has 5 heterocycles. The van der Waals surface area contributed by atoms with E-state index >= 15 is 0 Å². The standard InChI is InChI=1S/C21H38N.C19H22NO4S2.BrH.2ClH.Na.H2O4S/c1-4-5-6-7-8-9-10-11-12-16-19-22(2,3)20-21-17-14-13-15-18-21;1-20(2)12-9-11(10-13(20)17-16(12)24-17)23-18(21)19(22,14-5-3-7-25-14)15-6-4-8-26-15;;;;;1-5(2,3)4/h13-15,17-18H,4-12,16,19-20H2,1-3H3;3-8,11-13,16-17,22H,9-10H2,1-2H3;3*1H;;(H2,1,2,3,4)/q2*+1;;;;+1;/p-3/t;11-,12-,13+,16-,17+;;;;;. The van der Waals surface area contributed by atoms with Gasteiger partial charge in [-0.15, -0.1) is 22.7 Å². The van der Waals surface area contributed by atoms with Gasteiger partial charge in [0.15, 0.2) is 0 Å². The second kappa shape index (κ2) is 26.4. The molecule has 3 aliphatic rings. The van der Waals surface area contributed by atoms with Gasteiger partial charge in [-0.1, -0.05) is 101 Å². The van der Waals surface area contributed by atoms with Crippen LogP contribution in [0.5, 0.6) is 0 Å². The van der Waals surface area contributed by atoms with E-state index < -0.39 is 22.0 Å². The number of epoxide rings is 1. The van der Waals surface area contributed by atoms with Crippen molar-refractivity contribution in [2.24, 2.45) is 0 Å². The van der Waals surface area contributed by atoms with Crippen LogP contribution >= 0.6 is 22.7 Å². The largest absolute Gasteiger partial charge is 1.00 e. The number of unbranched alkanes of at least 4 members (excludes halogenated alkanes) is 9. The molecule has 3 N–H and O–H groups in total. The van der Waals surface area contributed by atoms with Gasteiger partial charge in [0.1, 0.15) is 36.9 Å². The second-order valence-corrected chi connectivity index (χ2v) is 18.7. The first-order valence-electron chi connectivity index (χ1n) is 19.1. The number of esters is 1. The molecule has 0 radical (unpaired) electrons. The summed E-state index contributed by atoms with van der Waals surface area (Å²) in [4.78, 5) is 14.3. The molecular weight excluding hydrogens is 906 g/mol. The number of hydrogen-bond donors (Lipinski definition) is 3. The number of ether oxygens (including phenoxy) is 2. The molecule has 17 heteroatoms. The zero-order valence-corrected chi connectivity index (χ0v) is 41.8. The van der Waals surface area contributed by atoms with Crippen molar-refractivity contribution in [2.75, 3.05) is 34.7 Å². The summed E-state index contributed by atoms with van der Waals surface area (Å²) in [6.45, 7) is 4.74. The van der Waals surface area contributed by atoms with E-state index in [1.165, 1.54) is 99.0 Å². The predicted octanol–water partition coefficient (Wildman–Crippen LogP) is -4.11. The molecule has 6 rings (SSSR count). The molecule has 10 nitrogen and oxygen atoms in total. The molecule has 0 saturated carbocycles. The van der Waals surface area contributed by atoms with E-state index in [1.54, 1.807) is 12.1 Å². The van der Waals surface area contributed by atoms with E-state index in [1.807, 2.05) is 22.9 Å². The predicted molar refractivity (Wildman–Crippen MR) is 212 cm³/mol. The maximum absolute atomic E-state index is 13.1. The number of benzene rings is 1. The number of carbonyl (C=O) groups excluding carboxylic acids is 1. The van der Waals surface area contributed by atoms with Gasteiger partial charge in [-0.25, -0.2) is 4.79 Å². The molecule has 0 unspecified atom stereocenters. The summed E-state index contributed by atoms with van der Waals surface area (Å²) in [6.07, 6.45) is 16.3. The molecule has 57 heavy (non-hydrogen) atoms. The Morgan fingerprint density at radius 3 is 1.68 bits per heavy atom. The van der Waals surface area contributed by atoms with Crippen LogP contribution in [0.25, 0.3) is 0 Å². The normalized spacial score (nSPS) is 21.2. The van der Waals surface area contributed by atoms with Gasteiger partial charge in [-0.2, -0.15) is 8.42 Å². The molecule has 3 saturated heterocycles. The molecule has 1 aromatic carbocycles. The summed E-state index contributed by atoms with van der Waals surface area (Å²) >= 11 is 2.74. The van der Waals surface area contributed by atoms with Crippen LogP contribution in [0.3, 0.4) is 0 Å². The maximum Gasteiger partial charge on any atom is 1.00 e. The minimum atomic E-state index is -4.67. The summed E-state index contributed by atoms with van der Waals surface area (Å²) in [6, 6.07) is 18.9. The Labute approximate surface area is 394 Å². The number of aliphatic hydroxyl groups is 1. The Hall–Kier alpha value is -0.140. The van der Waals surface area contributed by atoms with E-state index in [9.17, 15) is 9.90 Å². The van der Waals surface area contributed by atoms with Crippen molar-refractivity contribution in [1.82, 2.24) is 0 Å². The Morgan fingerprint density at radius 1 is 0.825 bits per heavy atom. The van der Waals surface area contributed by atoms with Gasteiger partial charge in [0, 0.05) is 18.4 Å². The number of thiophene rings is 2. The molecule has 320 valence electrons. The fourth-order valence-electron chi connectivity index (χ4n) is 8.01. The van der Waals surface area contributed by atoms with Crippen molar-refractivity contribution >= 4 is 39.0 Å². The average molecular weight is 969 g/mol. The van der Waals surface area contributed by atoms with Crippen molar-refractivity contribution in [3.05, 3.63) is 80.7 Å². The number of likely N-dealkylation sites (N-methyl/N-ethyl adjacent to an activating group) is 1. The number of halogens is 3. The van der Waals surface area contributed by atoms with E-state index in [0.29, 0.717) is 34.0 Å². The number of carbonyl (C=O) groups is 1. The monoisotopic (exact) mass is 966 g/mol. The smallest absolute Gasteiger partial charge is 1.00 e. The zero-order valence-electron chi connectivity index (χ0n) is 34.3. The minimum Gasteiger partial charge on any atom is -1.00 e. The molecule has 2 aromatic heterocycles. The fraction of sp³-hybridized carbons (Fsp3) is 0.625. The van der Waals surface area contributed by atoms with Crippen LogP contribution in [0.15, 0.2) is 65.4 Å². The summed E-state index contributed by atoms with van der Waals surface area (Å²) in [5.74, 6) is -0.561. The van der Waals surface area contributed by atoms with Gasteiger partial charge in [0.2, 0.25) is 5.60 Å². The van der Waals surface area contributed by atoms with Gasteiger partial charge in [-0.3, -0.25) is 9.11 Å². The number of hydrogen-bond acceptors (Lipinski definition) is 8. The van der Waals surface area contributed by atoms with Gasteiger partial charge >= 0.3 is 45.9 Å². The van der Waals surface area contributed by atoms with E-state index in [4.69, 9.17) is 27.0 Å². The molecule has 5 atom stereocenters. The van der Waals surface area contributed by atoms with Crippen LogP contribution in [0.4, 0.5) is 0 Å². The van der Waals surface area contributed by atoms with Crippen LogP contribution in [0, 0.1) is 0 Å². The fourth-order valence-corrected chi connectivity index (χ4v) is 9.73. The van der Waals surface area contributed by atoms with Gasteiger partial charge in [-0.05, 0) is 35.7 Å². The summed E-state index contributed by atoms with van der Waals surface area (Å²) in [5.41, 5.74) is -0.262. The topological polar surface area (TPSA) is 134 Å². The molecule has 3 aromatic rings. The molecule has 0 amide bonds. The molecule has 3 aliphatic heterocycles. The Kier molecular flexibility index (Phi) is 26.3. The molecule has 0 aliphatic carbocycles. The van der Waals surface area contributed by atoms with Crippen LogP contribution in [-0.4, -0.2) is 103 Å². The number of quaternary nitrogens is 2. The van der Waals surface area contributed by atoms with E-state index in [2.05, 4.69) is 65.4 Å². The van der Waals surface area contributed by atoms with Gasteiger partial charge in [0.25, 0.3) is 0 Å². The van der Waals surface area contributed by atoms with Crippen molar-refractivity contribution in [3.8, 4) is 0 Å². The van der Waals surface area contributed by atoms with Crippen LogP contribution < -0.4 is 71.4 Å². The van der Waals surface area contributed by atoms with E-state index in [0.717, 1.165) is 28.4 Å². The first kappa shape index (κ1) is 56.9. The number of piperidine rings is 1. The van der Waals surface area contributed by atoms with Crippen molar-refractivity contribution in [2.45, 2.75) is 127 Å². The van der Waals surface area contributed by atoms with Crippen molar-refractivity contribution < 1.29 is 117 Å². The zero-order chi connectivity index (χ0) is 38.7. The van der Waals surface area contributed by atoms with Gasteiger partial charge in [0.05, 0.1) is 44.5 Å². The third kappa shape index (κ3) is 17.6. The Balaban J connectivity index is 0.000000937. The van der Waals surface area contributed by atoms with Crippen molar-refractivity contribution in [1.29, 1.82) is 0 Å². The van der Waals surface area contributed by atoms with Crippen LogP contribution in [0.2, 0.25) is 0 Å². The Morgan fingerprint density at radius 2 is 1.26 bits per heavy atom. The minimum absolute atomic E-state index is 0. The first-order valence-corrected chi connectivity index (χ1v) is 22.3. The van der Waals surface area contributed by atoms with Gasteiger partial charge < -0.3 is 65.3 Å². The SMILES string of the molecule is CCCCCCCCCCCC[N+](C)(C)Cc1ccccc1.C[N+]1(C)[C@@H]2C[C@@H](OC(=O)C(O)(c3cccs3)c3cccs3)C[C@H]1[C@@H]1O[C@@H]12.O=S(=O)(O)O.[Br-].[Cl-].[Cl-].[Na+].